The van der Waals surface area contributed by atoms with Gasteiger partial charge in [-0.1, -0.05) is 32.1 Å². The van der Waals surface area contributed by atoms with Gasteiger partial charge in [0.05, 0.1) is 12.8 Å². The molecule has 1 aromatic heterocycles. The second-order valence-corrected chi connectivity index (χ2v) is 5.59. The quantitative estimate of drug-likeness (QED) is 0.831. The van der Waals surface area contributed by atoms with E-state index >= 15 is 0 Å². The van der Waals surface area contributed by atoms with Gasteiger partial charge in [0.2, 0.25) is 5.91 Å². The van der Waals surface area contributed by atoms with E-state index in [1.54, 1.807) is 13.4 Å². The topological polar surface area (TPSA) is 51.5 Å². The number of hydrogen-bond acceptors (Lipinski definition) is 3. The lowest BCUT2D eigenvalue weighted by Gasteiger charge is -2.21. The molecular formula is C16H25NO3. The van der Waals surface area contributed by atoms with Crippen LogP contribution in [0.25, 0.3) is 0 Å². The van der Waals surface area contributed by atoms with Gasteiger partial charge in [-0.05, 0) is 24.5 Å². The minimum atomic E-state index is -0.205. The molecule has 1 aliphatic carbocycles. The molecule has 2 rings (SSSR count). The van der Waals surface area contributed by atoms with Crippen molar-refractivity contribution in [2.45, 2.75) is 51.0 Å². The molecule has 0 aliphatic heterocycles. The number of carbonyl (C=O) groups is 1. The van der Waals surface area contributed by atoms with E-state index in [-0.39, 0.29) is 12.0 Å². The van der Waals surface area contributed by atoms with Crippen LogP contribution in [0.2, 0.25) is 0 Å². The van der Waals surface area contributed by atoms with Crippen molar-refractivity contribution >= 4 is 5.91 Å². The average molecular weight is 279 g/mol. The van der Waals surface area contributed by atoms with Crippen LogP contribution in [0, 0.1) is 5.92 Å². The van der Waals surface area contributed by atoms with Crippen molar-refractivity contribution in [1.29, 1.82) is 0 Å². The Morgan fingerprint density at radius 1 is 1.45 bits per heavy atom. The standard InChI is InChI=1S/C16H25NO3/c1-19-15(14-8-5-11-20-14)12-17-16(18)10-9-13-6-3-2-4-7-13/h5,8,11,13,15H,2-4,6-7,9-10,12H2,1H3,(H,17,18). The molecule has 112 valence electrons. The largest absolute Gasteiger partial charge is 0.467 e. The molecule has 0 saturated heterocycles. The van der Waals surface area contributed by atoms with Crippen LogP contribution in [0.15, 0.2) is 22.8 Å². The monoisotopic (exact) mass is 279 g/mol. The predicted octanol–water partition coefficient (Wildman–Crippen LogP) is 3.44. The smallest absolute Gasteiger partial charge is 0.220 e. The third-order valence-corrected chi connectivity index (χ3v) is 4.13. The summed E-state index contributed by atoms with van der Waals surface area (Å²) in [4.78, 5) is 11.9. The second kappa shape index (κ2) is 8.10. The Labute approximate surface area is 120 Å². The SMILES string of the molecule is COC(CNC(=O)CCC1CCCCC1)c1ccco1. The number of nitrogens with one attached hydrogen (secondary N) is 1. The van der Waals surface area contributed by atoms with E-state index in [9.17, 15) is 4.79 Å². The van der Waals surface area contributed by atoms with Gasteiger partial charge in [0.15, 0.2) is 0 Å². The minimum Gasteiger partial charge on any atom is -0.467 e. The molecule has 1 aliphatic rings. The van der Waals surface area contributed by atoms with E-state index in [0.717, 1.165) is 18.1 Å². The zero-order valence-corrected chi connectivity index (χ0v) is 12.3. The molecule has 4 nitrogen and oxygen atoms in total. The van der Waals surface area contributed by atoms with Crippen molar-refractivity contribution in [2.24, 2.45) is 5.92 Å². The first-order valence-electron chi connectivity index (χ1n) is 7.62. The summed E-state index contributed by atoms with van der Waals surface area (Å²) < 4.78 is 10.6. The number of methoxy groups -OCH3 is 1. The van der Waals surface area contributed by atoms with Gasteiger partial charge in [-0.2, -0.15) is 0 Å². The van der Waals surface area contributed by atoms with Crippen LogP contribution in [0.3, 0.4) is 0 Å². The van der Waals surface area contributed by atoms with Crippen LogP contribution in [0.5, 0.6) is 0 Å². The molecule has 1 amide bonds. The van der Waals surface area contributed by atoms with E-state index in [1.807, 2.05) is 12.1 Å². The molecular weight excluding hydrogens is 254 g/mol. The van der Waals surface area contributed by atoms with Crippen molar-refractivity contribution in [3.8, 4) is 0 Å². The summed E-state index contributed by atoms with van der Waals surface area (Å²) >= 11 is 0. The number of rotatable bonds is 7. The molecule has 0 radical (unpaired) electrons. The Morgan fingerprint density at radius 2 is 2.25 bits per heavy atom. The van der Waals surface area contributed by atoms with E-state index in [0.29, 0.717) is 13.0 Å². The van der Waals surface area contributed by atoms with E-state index in [4.69, 9.17) is 9.15 Å². The second-order valence-electron chi connectivity index (χ2n) is 5.59. The first kappa shape index (κ1) is 15.1. The maximum absolute atomic E-state index is 11.9. The number of furan rings is 1. The molecule has 1 saturated carbocycles. The highest BCUT2D eigenvalue weighted by Gasteiger charge is 2.17. The lowest BCUT2D eigenvalue weighted by molar-refractivity contribution is -0.122. The molecule has 1 heterocycles. The fourth-order valence-corrected chi connectivity index (χ4v) is 2.88. The number of ether oxygens (including phenoxy) is 1. The molecule has 1 aromatic rings. The Bertz CT molecular complexity index is 382. The highest BCUT2D eigenvalue weighted by molar-refractivity contribution is 5.75. The molecule has 0 bridgehead atoms. The fourth-order valence-electron chi connectivity index (χ4n) is 2.88. The molecule has 0 spiro atoms. The van der Waals surface area contributed by atoms with Crippen LogP contribution in [-0.4, -0.2) is 19.6 Å². The first-order valence-corrected chi connectivity index (χ1v) is 7.62. The van der Waals surface area contributed by atoms with E-state index in [2.05, 4.69) is 5.32 Å². The third-order valence-electron chi connectivity index (χ3n) is 4.13. The van der Waals surface area contributed by atoms with Crippen LogP contribution >= 0.6 is 0 Å². The zero-order chi connectivity index (χ0) is 14.2. The van der Waals surface area contributed by atoms with Gasteiger partial charge in [-0.15, -0.1) is 0 Å². The van der Waals surface area contributed by atoms with Gasteiger partial charge in [0.25, 0.3) is 0 Å². The molecule has 1 fully saturated rings. The number of hydrogen-bond donors (Lipinski definition) is 1. The van der Waals surface area contributed by atoms with Crippen molar-refractivity contribution in [2.75, 3.05) is 13.7 Å². The Morgan fingerprint density at radius 3 is 2.90 bits per heavy atom. The summed E-state index contributed by atoms with van der Waals surface area (Å²) in [5.41, 5.74) is 0. The minimum absolute atomic E-state index is 0.115. The van der Waals surface area contributed by atoms with Gasteiger partial charge in [0.1, 0.15) is 11.9 Å². The first-order chi connectivity index (χ1) is 9.79. The lowest BCUT2D eigenvalue weighted by Crippen LogP contribution is -2.29. The normalized spacial score (nSPS) is 17.9. The average Bonchev–Trinajstić information content (AvgIpc) is 3.01. The van der Waals surface area contributed by atoms with Crippen molar-refractivity contribution in [3.63, 3.8) is 0 Å². The van der Waals surface area contributed by atoms with Crippen molar-refractivity contribution in [3.05, 3.63) is 24.2 Å². The van der Waals surface area contributed by atoms with Crippen molar-refractivity contribution in [1.82, 2.24) is 5.32 Å². The molecule has 20 heavy (non-hydrogen) atoms. The van der Waals surface area contributed by atoms with Crippen LogP contribution in [-0.2, 0) is 9.53 Å². The summed E-state index contributed by atoms with van der Waals surface area (Å²) in [5.74, 6) is 1.61. The fraction of sp³-hybridized carbons (Fsp3) is 0.688. The lowest BCUT2D eigenvalue weighted by atomic mass is 9.86. The van der Waals surface area contributed by atoms with E-state index in [1.165, 1.54) is 32.1 Å². The Kier molecular flexibility index (Phi) is 6.12. The molecule has 0 aromatic carbocycles. The summed E-state index contributed by atoms with van der Waals surface area (Å²) in [6.45, 7) is 0.466. The zero-order valence-electron chi connectivity index (χ0n) is 12.3. The van der Waals surface area contributed by atoms with Gasteiger partial charge >= 0.3 is 0 Å². The third kappa shape index (κ3) is 4.67. The van der Waals surface area contributed by atoms with Crippen molar-refractivity contribution < 1.29 is 13.9 Å². The Balaban J connectivity index is 1.66. The number of carbonyl (C=O) groups excluding carboxylic acids is 1. The summed E-state index contributed by atoms with van der Waals surface area (Å²) in [6.07, 6.45) is 9.66. The maximum atomic E-state index is 11.9. The molecule has 1 unspecified atom stereocenters. The summed E-state index contributed by atoms with van der Waals surface area (Å²) in [5, 5.41) is 2.94. The predicted molar refractivity (Wildman–Crippen MR) is 77.3 cm³/mol. The van der Waals surface area contributed by atoms with Crippen LogP contribution in [0.1, 0.15) is 56.8 Å². The molecule has 1 atom stereocenters. The summed E-state index contributed by atoms with van der Waals surface area (Å²) in [6, 6.07) is 3.69. The molecule has 4 heteroatoms. The highest BCUT2D eigenvalue weighted by Crippen LogP contribution is 2.27. The Hall–Kier alpha value is -1.29. The van der Waals surface area contributed by atoms with Gasteiger partial charge in [0, 0.05) is 13.5 Å². The van der Waals surface area contributed by atoms with E-state index < -0.39 is 0 Å². The maximum Gasteiger partial charge on any atom is 0.220 e. The van der Waals surface area contributed by atoms with Gasteiger partial charge in [-0.3, -0.25) is 4.79 Å². The van der Waals surface area contributed by atoms with Crippen LogP contribution < -0.4 is 5.32 Å². The molecule has 1 N–H and O–H groups in total. The van der Waals surface area contributed by atoms with Crippen LogP contribution in [0.4, 0.5) is 0 Å². The summed E-state index contributed by atoms with van der Waals surface area (Å²) in [7, 11) is 1.63. The highest BCUT2D eigenvalue weighted by atomic mass is 16.5. The van der Waals surface area contributed by atoms with Gasteiger partial charge in [-0.25, -0.2) is 0 Å². The number of amides is 1. The van der Waals surface area contributed by atoms with Gasteiger partial charge < -0.3 is 14.5 Å².